The number of anilines is 1. The van der Waals surface area contributed by atoms with Crippen LogP contribution in [-0.4, -0.2) is 69.6 Å². The Hall–Kier alpha value is -7.95. The molecule has 10 N–H and O–H groups in total. The first-order valence-corrected chi connectivity index (χ1v) is 22.8. The third kappa shape index (κ3) is 11.9. The predicted molar refractivity (Wildman–Crippen MR) is 274 cm³/mol. The SMILES string of the molecule is NC1C=CC2=C(c3ccccc3C(=O)O)c3ccc(CC(=O)c4ccc(B(O)O)cc4)cc3OC2=C1.Nc1ccc2c(c1)OC1=CC(N)C=CC1C2c1ccccc1C(=O)O.O=Bc1ccc(C(=O)Cl)cc1.[Cl-]. The summed E-state index contributed by atoms with van der Waals surface area (Å²) in [4.78, 5) is 47.1. The number of nitrogens with two attached hydrogens (primary N) is 3. The van der Waals surface area contributed by atoms with Gasteiger partial charge in [-0.25, -0.2) is 9.59 Å². The summed E-state index contributed by atoms with van der Waals surface area (Å²) in [5, 5.41) is 37.4. The molecule has 0 amide bonds. The molecule has 10 rings (SSSR count). The molecule has 0 radical (unpaired) electrons. The van der Waals surface area contributed by atoms with E-state index in [1.54, 1.807) is 78.9 Å². The second kappa shape index (κ2) is 23.1. The minimum Gasteiger partial charge on any atom is -1.00 e. The molecule has 4 aliphatic rings. The van der Waals surface area contributed by atoms with Crippen molar-refractivity contribution >= 4 is 71.0 Å². The number of ether oxygens (including phenoxy) is 2. The van der Waals surface area contributed by atoms with Crippen LogP contribution in [0.3, 0.4) is 0 Å². The molecular weight excluding hydrogens is 971 g/mol. The van der Waals surface area contributed by atoms with E-state index in [1.807, 2.05) is 66.8 Å². The number of Topliss-reactive ketones (excluding diaryl/α,β-unsaturated/α-hetero) is 1. The minimum atomic E-state index is -1.59. The second-order valence-electron chi connectivity index (χ2n) is 17.0. The number of ketones is 1. The fourth-order valence-corrected chi connectivity index (χ4v) is 8.88. The number of halogens is 2. The van der Waals surface area contributed by atoms with Gasteiger partial charge in [0.05, 0.1) is 11.1 Å². The molecular formula is C55H44B2Cl2N3O11-. The van der Waals surface area contributed by atoms with Crippen molar-refractivity contribution in [2.45, 2.75) is 24.4 Å². The summed E-state index contributed by atoms with van der Waals surface area (Å²) in [6, 6.07) is 36.5. The normalized spacial score (nSPS) is 17.4. The summed E-state index contributed by atoms with van der Waals surface area (Å²) >= 11 is 5.17. The van der Waals surface area contributed by atoms with Gasteiger partial charge in [0, 0.05) is 69.9 Å². The third-order valence-corrected chi connectivity index (χ3v) is 12.4. The minimum absolute atomic E-state index is 0. The van der Waals surface area contributed by atoms with Gasteiger partial charge in [0.25, 0.3) is 0 Å². The van der Waals surface area contributed by atoms with Crippen LogP contribution in [0.5, 0.6) is 11.5 Å². The summed E-state index contributed by atoms with van der Waals surface area (Å²) in [5.41, 5.74) is 25.9. The summed E-state index contributed by atoms with van der Waals surface area (Å²) in [6.45, 7) is 0. The Morgan fingerprint density at radius 1 is 0.671 bits per heavy atom. The van der Waals surface area contributed by atoms with Gasteiger partial charge in [0.1, 0.15) is 23.0 Å². The molecule has 6 aromatic carbocycles. The molecule has 0 saturated heterocycles. The number of aromatic carboxylic acids is 2. The van der Waals surface area contributed by atoms with Crippen LogP contribution in [0.25, 0.3) is 5.57 Å². The molecule has 4 unspecified atom stereocenters. The topological polar surface area (TPSA) is 263 Å². The zero-order valence-electron chi connectivity index (χ0n) is 38.5. The number of benzene rings is 6. The van der Waals surface area contributed by atoms with Gasteiger partial charge in [0.2, 0.25) is 0 Å². The van der Waals surface area contributed by atoms with Crippen molar-refractivity contribution in [3.8, 4) is 11.5 Å². The summed E-state index contributed by atoms with van der Waals surface area (Å²) in [5.74, 6) is 0.0358. The number of rotatable bonds is 10. The first kappa shape index (κ1) is 52.9. The maximum Gasteiger partial charge on any atom is -1.00 e. The molecule has 2 aliphatic heterocycles. The maximum atomic E-state index is 12.9. The van der Waals surface area contributed by atoms with E-state index in [4.69, 9.17) is 38.3 Å². The van der Waals surface area contributed by atoms with Gasteiger partial charge in [-0.05, 0) is 58.6 Å². The average Bonchev–Trinajstić information content (AvgIpc) is 3.37. The molecule has 73 heavy (non-hydrogen) atoms. The number of hydrogen-bond acceptors (Lipinski definition) is 12. The van der Waals surface area contributed by atoms with E-state index in [0.717, 1.165) is 33.6 Å². The molecule has 2 heterocycles. The summed E-state index contributed by atoms with van der Waals surface area (Å²) < 4.78 is 22.4. The van der Waals surface area contributed by atoms with E-state index in [-0.39, 0.29) is 54.1 Å². The van der Waals surface area contributed by atoms with E-state index >= 15 is 0 Å². The van der Waals surface area contributed by atoms with Crippen molar-refractivity contribution in [1.82, 2.24) is 0 Å². The van der Waals surface area contributed by atoms with Crippen molar-refractivity contribution in [1.29, 1.82) is 0 Å². The molecule has 0 fully saturated rings. The van der Waals surface area contributed by atoms with E-state index < -0.39 is 24.3 Å². The smallest absolute Gasteiger partial charge is 1.00 e. The van der Waals surface area contributed by atoms with Crippen LogP contribution in [0.4, 0.5) is 5.69 Å². The summed E-state index contributed by atoms with van der Waals surface area (Å²) in [6.07, 6.45) is 11.3. The summed E-state index contributed by atoms with van der Waals surface area (Å²) in [7, 11) is -0.884. The molecule has 6 aromatic rings. The molecule has 0 saturated carbocycles. The van der Waals surface area contributed by atoms with Gasteiger partial charge < -0.3 is 59.3 Å². The van der Waals surface area contributed by atoms with Crippen LogP contribution in [-0.2, 0) is 11.1 Å². The van der Waals surface area contributed by atoms with E-state index in [0.29, 0.717) is 68.8 Å². The standard InChI is InChI=1S/C28H22BNO6.C20H18N2O3.C7H4BClO2.ClH/c30-19-10-12-23-26(15-19)36-25-14-16(13-24(31)17-6-8-18(9-7-17)29(34)35)5-11-22(25)27(23)20-3-1-2-4-21(20)28(32)33;21-11-5-7-15-17(9-11)25-18-10-12(22)6-8-16(18)19(15)13-3-1-2-4-14(13)20(23)24;9-7(10)5-1-3-6(8-11)4-2-5;/h1-12,14-15,19,34-35H,13,30H2,(H,32,33);1-11,15,19H,21-22H2,(H,23,24);1-4H;1H/p-1. The maximum absolute atomic E-state index is 12.9. The number of carbonyl (C=O) groups excluding carboxylic acids is 2. The Kier molecular flexibility index (Phi) is 16.7. The Morgan fingerprint density at radius 2 is 1.33 bits per heavy atom. The van der Waals surface area contributed by atoms with Gasteiger partial charge in [-0.3, -0.25) is 4.79 Å². The Bertz CT molecular complexity index is 3300. The zero-order valence-corrected chi connectivity index (χ0v) is 40.0. The molecule has 366 valence electrons. The van der Waals surface area contributed by atoms with Gasteiger partial charge in [-0.15, -0.1) is 0 Å². The van der Waals surface area contributed by atoms with Gasteiger partial charge in [-0.2, -0.15) is 0 Å². The Morgan fingerprint density at radius 3 is 2.00 bits per heavy atom. The monoisotopic (exact) mass is 1010 g/mol. The van der Waals surface area contributed by atoms with Gasteiger partial charge in [0.15, 0.2) is 5.78 Å². The third-order valence-electron chi connectivity index (χ3n) is 12.2. The van der Waals surface area contributed by atoms with Gasteiger partial charge >= 0.3 is 87.8 Å². The Labute approximate surface area is 431 Å². The first-order valence-electron chi connectivity index (χ1n) is 22.4. The van der Waals surface area contributed by atoms with Crippen LogP contribution < -0.4 is 50.0 Å². The van der Waals surface area contributed by atoms with Crippen LogP contribution in [0, 0.1) is 5.92 Å². The van der Waals surface area contributed by atoms with Crippen LogP contribution in [0.1, 0.15) is 75.2 Å². The number of nitrogen functional groups attached to an aromatic ring is 1. The van der Waals surface area contributed by atoms with Gasteiger partial charge in [-0.1, -0.05) is 103 Å². The number of carboxylic acids is 2. The number of allylic oxidation sites excluding steroid dienone is 2. The van der Waals surface area contributed by atoms with Crippen molar-refractivity contribution in [3.05, 3.63) is 237 Å². The van der Waals surface area contributed by atoms with E-state index in [1.165, 1.54) is 24.3 Å². The number of carbonyl (C=O) groups is 4. The van der Waals surface area contributed by atoms with Crippen LogP contribution in [0.15, 0.2) is 187 Å². The van der Waals surface area contributed by atoms with Crippen molar-refractivity contribution < 1.29 is 66.0 Å². The Balaban J connectivity index is 0.000000182. The molecule has 0 aromatic heterocycles. The fraction of sp³-hybridized carbons (Fsp3) is 0.0909. The van der Waals surface area contributed by atoms with Crippen molar-refractivity contribution in [2.75, 3.05) is 5.73 Å². The van der Waals surface area contributed by atoms with Crippen molar-refractivity contribution in [3.63, 3.8) is 0 Å². The molecule has 14 nitrogen and oxygen atoms in total. The number of fused-ring (bicyclic) bond motifs is 4. The average molecular weight is 1020 g/mol. The first-order chi connectivity index (χ1) is 34.6. The number of carboxylic acid groups (broad SMARTS) is 2. The molecule has 18 heteroatoms. The quantitative estimate of drug-likeness (QED) is 0.0342. The largest absolute Gasteiger partial charge is 1.00 e. The van der Waals surface area contributed by atoms with Crippen molar-refractivity contribution in [2.24, 2.45) is 17.4 Å². The molecule has 4 atom stereocenters. The molecule has 0 bridgehead atoms. The predicted octanol–water partition coefficient (Wildman–Crippen LogP) is 3.10. The molecule has 2 aliphatic carbocycles. The van der Waals surface area contributed by atoms with Crippen LogP contribution >= 0.6 is 11.6 Å². The molecule has 0 spiro atoms. The zero-order chi connectivity index (χ0) is 51.2. The number of hydrogen-bond donors (Lipinski definition) is 7. The fourth-order valence-electron chi connectivity index (χ4n) is 8.75. The van der Waals surface area contributed by atoms with E-state index in [9.17, 15) is 44.1 Å². The van der Waals surface area contributed by atoms with Crippen LogP contribution in [0.2, 0.25) is 0 Å². The second-order valence-corrected chi connectivity index (χ2v) is 17.3. The van der Waals surface area contributed by atoms with E-state index in [2.05, 4.69) is 0 Å².